The van der Waals surface area contributed by atoms with E-state index in [1.54, 1.807) is 0 Å². The highest BCUT2D eigenvalue weighted by Gasteiger charge is 2.37. The van der Waals surface area contributed by atoms with E-state index in [1.165, 1.54) is 44.9 Å². The molecular weight excluding hydrogens is 324 g/mol. The van der Waals surface area contributed by atoms with Gasteiger partial charge in [-0.15, -0.1) is 0 Å². The summed E-state index contributed by atoms with van der Waals surface area (Å²) >= 11 is 0. The predicted molar refractivity (Wildman–Crippen MR) is 94.2 cm³/mol. The number of aliphatic hydroxyl groups is 2. The lowest BCUT2D eigenvalue weighted by molar-refractivity contribution is -0.177. The minimum atomic E-state index is -1.46. The lowest BCUT2D eigenvalue weighted by Crippen LogP contribution is -2.52. The second-order valence-corrected chi connectivity index (χ2v) is 6.87. The van der Waals surface area contributed by atoms with Crippen LogP contribution in [0, 0.1) is 0 Å². The standard InChI is InChI=1S/C19H34O6/c1-2-3-4-5-6-7-8-9-10-11-12-17(21)25-14-16-19(23)18(22)15(20)13-24-16/h16,18-19,22-23H,2-14H2,1H3/t16-,18-,19-/m1/s1. The van der Waals surface area contributed by atoms with Crippen LogP contribution in [0.5, 0.6) is 0 Å². The van der Waals surface area contributed by atoms with Crippen LogP contribution < -0.4 is 0 Å². The molecule has 146 valence electrons. The maximum Gasteiger partial charge on any atom is 0.305 e. The van der Waals surface area contributed by atoms with E-state index in [9.17, 15) is 19.8 Å². The molecule has 0 bridgehead atoms. The van der Waals surface area contributed by atoms with E-state index in [1.807, 2.05) is 0 Å². The molecule has 0 aliphatic carbocycles. The fourth-order valence-electron chi connectivity index (χ4n) is 2.92. The van der Waals surface area contributed by atoms with Crippen LogP contribution in [0.25, 0.3) is 0 Å². The summed E-state index contributed by atoms with van der Waals surface area (Å²) in [6.45, 7) is 1.82. The predicted octanol–water partition coefficient (Wildman–Crippen LogP) is 2.53. The maximum atomic E-state index is 11.7. The zero-order valence-electron chi connectivity index (χ0n) is 15.5. The van der Waals surface area contributed by atoms with Gasteiger partial charge in [0.05, 0.1) is 0 Å². The summed E-state index contributed by atoms with van der Waals surface area (Å²) in [4.78, 5) is 22.8. The van der Waals surface area contributed by atoms with Gasteiger partial charge in [-0.25, -0.2) is 0 Å². The van der Waals surface area contributed by atoms with E-state index in [-0.39, 0.29) is 19.2 Å². The van der Waals surface area contributed by atoms with E-state index in [0.717, 1.165) is 19.3 Å². The number of ketones is 1. The van der Waals surface area contributed by atoms with Crippen LogP contribution in [0.3, 0.4) is 0 Å². The molecule has 1 saturated heterocycles. The quantitative estimate of drug-likeness (QED) is 0.388. The third-order valence-electron chi connectivity index (χ3n) is 4.62. The van der Waals surface area contributed by atoms with Gasteiger partial charge in [0.15, 0.2) is 5.78 Å². The SMILES string of the molecule is CCCCCCCCCCCCC(=O)OC[C@H]1OCC(=O)[C@@H](O)[C@@H]1O. The fourth-order valence-corrected chi connectivity index (χ4v) is 2.92. The van der Waals surface area contributed by atoms with Gasteiger partial charge in [0.1, 0.15) is 31.5 Å². The van der Waals surface area contributed by atoms with Crippen molar-refractivity contribution in [1.82, 2.24) is 0 Å². The van der Waals surface area contributed by atoms with Crippen LogP contribution in [0.15, 0.2) is 0 Å². The Labute approximate surface area is 150 Å². The number of rotatable bonds is 13. The Morgan fingerprint density at radius 2 is 1.60 bits per heavy atom. The smallest absolute Gasteiger partial charge is 0.305 e. The first-order chi connectivity index (χ1) is 12.1. The van der Waals surface area contributed by atoms with E-state index >= 15 is 0 Å². The van der Waals surface area contributed by atoms with Gasteiger partial charge in [0, 0.05) is 6.42 Å². The Balaban J connectivity index is 1.96. The summed E-state index contributed by atoms with van der Waals surface area (Å²) in [5.41, 5.74) is 0. The number of Topliss-reactive ketones (excluding diaryl/α,β-unsaturated/α-hetero) is 1. The van der Waals surface area contributed by atoms with Crippen molar-refractivity contribution in [2.24, 2.45) is 0 Å². The van der Waals surface area contributed by atoms with Crippen molar-refractivity contribution in [2.45, 2.75) is 95.9 Å². The molecule has 6 nitrogen and oxygen atoms in total. The third-order valence-corrected chi connectivity index (χ3v) is 4.62. The van der Waals surface area contributed by atoms with Gasteiger partial charge in [-0.05, 0) is 6.42 Å². The first kappa shape index (κ1) is 22.1. The van der Waals surface area contributed by atoms with Crippen LogP contribution in [0.2, 0.25) is 0 Å². The topological polar surface area (TPSA) is 93.1 Å². The molecule has 1 aliphatic rings. The Hall–Kier alpha value is -0.980. The van der Waals surface area contributed by atoms with Gasteiger partial charge < -0.3 is 19.7 Å². The normalized spacial score (nSPS) is 23.6. The average Bonchev–Trinajstić information content (AvgIpc) is 2.60. The summed E-state index contributed by atoms with van der Waals surface area (Å²) < 4.78 is 10.2. The summed E-state index contributed by atoms with van der Waals surface area (Å²) in [6.07, 6.45) is 8.73. The molecular formula is C19H34O6. The number of hydrogen-bond acceptors (Lipinski definition) is 6. The molecule has 0 saturated carbocycles. The molecule has 0 aromatic heterocycles. The summed E-state index contributed by atoms with van der Waals surface area (Å²) in [5.74, 6) is -0.887. The first-order valence-corrected chi connectivity index (χ1v) is 9.72. The molecule has 1 rings (SSSR count). The number of carbonyl (C=O) groups is 2. The van der Waals surface area contributed by atoms with E-state index in [0.29, 0.717) is 6.42 Å². The van der Waals surface area contributed by atoms with Gasteiger partial charge in [0.2, 0.25) is 0 Å². The largest absolute Gasteiger partial charge is 0.463 e. The molecule has 0 unspecified atom stereocenters. The lowest BCUT2D eigenvalue weighted by atomic mass is 10.0. The van der Waals surface area contributed by atoms with E-state index in [2.05, 4.69) is 6.92 Å². The third kappa shape index (κ3) is 9.33. The molecule has 1 fully saturated rings. The van der Waals surface area contributed by atoms with Crippen molar-refractivity contribution < 1.29 is 29.3 Å². The van der Waals surface area contributed by atoms with Crippen LogP contribution >= 0.6 is 0 Å². The number of unbranched alkanes of at least 4 members (excludes halogenated alkanes) is 9. The van der Waals surface area contributed by atoms with Crippen LogP contribution in [-0.4, -0.2) is 53.5 Å². The number of ether oxygens (including phenoxy) is 2. The van der Waals surface area contributed by atoms with Crippen molar-refractivity contribution in [2.75, 3.05) is 13.2 Å². The summed E-state index contributed by atoms with van der Waals surface area (Å²) in [6, 6.07) is 0. The molecule has 6 heteroatoms. The Kier molecular flexibility index (Phi) is 11.7. The number of hydrogen-bond donors (Lipinski definition) is 2. The Morgan fingerprint density at radius 1 is 1.04 bits per heavy atom. The highest BCUT2D eigenvalue weighted by Crippen LogP contribution is 2.14. The molecule has 2 N–H and O–H groups in total. The minimum Gasteiger partial charge on any atom is -0.463 e. The Bertz CT molecular complexity index is 384. The molecule has 1 aliphatic heterocycles. The molecule has 0 aromatic rings. The second kappa shape index (κ2) is 13.3. The molecule has 0 amide bonds. The van der Waals surface area contributed by atoms with Crippen molar-refractivity contribution >= 4 is 11.8 Å². The summed E-state index contributed by atoms with van der Waals surface area (Å²) in [5, 5.41) is 19.2. The van der Waals surface area contributed by atoms with Gasteiger partial charge in [-0.1, -0.05) is 64.7 Å². The fraction of sp³-hybridized carbons (Fsp3) is 0.895. The molecule has 3 atom stereocenters. The summed E-state index contributed by atoms with van der Waals surface area (Å²) in [7, 11) is 0. The highest BCUT2D eigenvalue weighted by molar-refractivity contribution is 5.85. The zero-order chi connectivity index (χ0) is 18.5. The number of carbonyl (C=O) groups excluding carboxylic acids is 2. The van der Waals surface area contributed by atoms with Gasteiger partial charge in [0.25, 0.3) is 0 Å². The van der Waals surface area contributed by atoms with Gasteiger partial charge in [-0.3, -0.25) is 9.59 Å². The molecule has 0 aromatic carbocycles. The van der Waals surface area contributed by atoms with Crippen molar-refractivity contribution in [3.63, 3.8) is 0 Å². The Morgan fingerprint density at radius 3 is 2.20 bits per heavy atom. The zero-order valence-corrected chi connectivity index (χ0v) is 15.5. The lowest BCUT2D eigenvalue weighted by Gasteiger charge is -2.30. The minimum absolute atomic E-state index is 0.137. The van der Waals surface area contributed by atoms with Gasteiger partial charge in [-0.2, -0.15) is 0 Å². The molecule has 0 spiro atoms. The van der Waals surface area contributed by atoms with Crippen LogP contribution in [0.4, 0.5) is 0 Å². The number of aliphatic hydroxyl groups excluding tert-OH is 2. The maximum absolute atomic E-state index is 11.7. The van der Waals surface area contributed by atoms with Gasteiger partial charge >= 0.3 is 5.97 Å². The van der Waals surface area contributed by atoms with Crippen LogP contribution in [-0.2, 0) is 19.1 Å². The van der Waals surface area contributed by atoms with E-state index < -0.39 is 24.1 Å². The second-order valence-electron chi connectivity index (χ2n) is 6.87. The molecule has 1 heterocycles. The van der Waals surface area contributed by atoms with Crippen molar-refractivity contribution in [3.8, 4) is 0 Å². The first-order valence-electron chi connectivity index (χ1n) is 9.72. The monoisotopic (exact) mass is 358 g/mol. The number of esters is 1. The van der Waals surface area contributed by atoms with Crippen molar-refractivity contribution in [1.29, 1.82) is 0 Å². The van der Waals surface area contributed by atoms with Crippen molar-refractivity contribution in [3.05, 3.63) is 0 Å². The molecule has 25 heavy (non-hydrogen) atoms. The average molecular weight is 358 g/mol. The highest BCUT2D eigenvalue weighted by atomic mass is 16.6. The van der Waals surface area contributed by atoms with Crippen LogP contribution in [0.1, 0.15) is 77.6 Å². The molecule has 0 radical (unpaired) electrons. The van der Waals surface area contributed by atoms with E-state index in [4.69, 9.17) is 9.47 Å².